The molecule has 1 fully saturated rings. The lowest BCUT2D eigenvalue weighted by atomic mass is 10.1. The summed E-state index contributed by atoms with van der Waals surface area (Å²) < 4.78 is 5.07. The highest BCUT2D eigenvalue weighted by atomic mass is 16.5. The third kappa shape index (κ3) is 6.25. The zero-order valence-corrected chi connectivity index (χ0v) is 16.8. The topological polar surface area (TPSA) is 87.7 Å². The molecule has 0 spiro atoms. The molecule has 28 heavy (non-hydrogen) atoms. The van der Waals surface area contributed by atoms with Crippen LogP contribution in [-0.2, 0) is 9.59 Å². The van der Waals surface area contributed by atoms with Gasteiger partial charge in [0.1, 0.15) is 11.8 Å². The lowest BCUT2D eigenvalue weighted by Gasteiger charge is -2.24. The third-order valence-corrected chi connectivity index (χ3v) is 4.93. The fraction of sp³-hybridized carbons (Fsp3) is 0.571. The molecule has 0 aromatic heterocycles. The highest BCUT2D eigenvalue weighted by molar-refractivity contribution is 5.94. The molecule has 0 unspecified atom stereocenters. The number of carbonyl (C=O) groups excluding carboxylic acids is 3. The Kier molecular flexibility index (Phi) is 8.78. The summed E-state index contributed by atoms with van der Waals surface area (Å²) in [5, 5.41) is 5.61. The first-order valence-corrected chi connectivity index (χ1v) is 10.1. The van der Waals surface area contributed by atoms with Gasteiger partial charge in [-0.25, -0.2) is 0 Å². The maximum absolute atomic E-state index is 12.4. The summed E-state index contributed by atoms with van der Waals surface area (Å²) in [5.41, 5.74) is 0.534. The average molecular weight is 389 g/mol. The predicted octanol–water partition coefficient (Wildman–Crippen LogP) is 2.11. The molecule has 1 heterocycles. The summed E-state index contributed by atoms with van der Waals surface area (Å²) in [7, 11) is 1.57. The van der Waals surface area contributed by atoms with Gasteiger partial charge in [0.25, 0.3) is 5.91 Å². The first kappa shape index (κ1) is 21.7. The van der Waals surface area contributed by atoms with Gasteiger partial charge in [-0.15, -0.1) is 0 Å². The molecule has 0 saturated carbocycles. The minimum Gasteiger partial charge on any atom is -0.497 e. The third-order valence-electron chi connectivity index (χ3n) is 4.93. The summed E-state index contributed by atoms with van der Waals surface area (Å²) in [6.07, 6.45) is 5.03. The highest BCUT2D eigenvalue weighted by Crippen LogP contribution is 2.19. The molecule has 1 atom stereocenters. The Morgan fingerprint density at radius 2 is 1.82 bits per heavy atom. The van der Waals surface area contributed by atoms with E-state index in [1.807, 2.05) is 0 Å². The number of carbonyl (C=O) groups is 3. The summed E-state index contributed by atoms with van der Waals surface area (Å²) in [6.45, 7) is 3.41. The van der Waals surface area contributed by atoms with Gasteiger partial charge in [-0.1, -0.05) is 19.8 Å². The minimum absolute atomic E-state index is 0.0684. The van der Waals surface area contributed by atoms with Crippen LogP contribution in [0.15, 0.2) is 24.3 Å². The largest absolute Gasteiger partial charge is 0.497 e. The second-order valence-electron chi connectivity index (χ2n) is 6.98. The quantitative estimate of drug-likeness (QED) is 0.600. The molecule has 0 aliphatic carbocycles. The molecule has 0 radical (unpaired) electrons. The van der Waals surface area contributed by atoms with Gasteiger partial charge in [0.05, 0.1) is 7.11 Å². The van der Waals surface area contributed by atoms with Crippen LogP contribution in [0.5, 0.6) is 5.75 Å². The van der Waals surface area contributed by atoms with E-state index in [1.54, 1.807) is 36.3 Å². The normalized spacial score (nSPS) is 15.9. The van der Waals surface area contributed by atoms with Gasteiger partial charge in [0.15, 0.2) is 0 Å². The molecule has 1 aliphatic rings. The van der Waals surface area contributed by atoms with E-state index in [2.05, 4.69) is 17.6 Å². The molecular weight excluding hydrogens is 358 g/mol. The second-order valence-corrected chi connectivity index (χ2v) is 6.98. The number of methoxy groups -OCH3 is 1. The predicted molar refractivity (Wildman–Crippen MR) is 107 cm³/mol. The van der Waals surface area contributed by atoms with Crippen LogP contribution in [0.2, 0.25) is 0 Å². The molecule has 1 saturated heterocycles. The Balaban J connectivity index is 1.72. The first-order valence-electron chi connectivity index (χ1n) is 10.1. The monoisotopic (exact) mass is 389 g/mol. The summed E-state index contributed by atoms with van der Waals surface area (Å²) in [6, 6.07) is 6.44. The maximum atomic E-state index is 12.4. The van der Waals surface area contributed by atoms with Crippen LogP contribution >= 0.6 is 0 Å². The fourth-order valence-electron chi connectivity index (χ4n) is 3.33. The van der Waals surface area contributed by atoms with E-state index >= 15 is 0 Å². The van der Waals surface area contributed by atoms with Crippen molar-refractivity contribution in [1.29, 1.82) is 0 Å². The molecule has 1 aliphatic heterocycles. The van der Waals surface area contributed by atoms with Gasteiger partial charge >= 0.3 is 0 Å². The minimum atomic E-state index is -0.383. The molecule has 154 valence electrons. The van der Waals surface area contributed by atoms with E-state index in [9.17, 15) is 14.4 Å². The van der Waals surface area contributed by atoms with E-state index in [4.69, 9.17) is 4.74 Å². The summed E-state index contributed by atoms with van der Waals surface area (Å²) in [5.74, 6) is 0.415. The maximum Gasteiger partial charge on any atom is 0.251 e. The smallest absolute Gasteiger partial charge is 0.251 e. The van der Waals surface area contributed by atoms with Crippen LogP contribution in [-0.4, -0.2) is 55.4 Å². The molecule has 7 heteroatoms. The number of benzene rings is 1. The van der Waals surface area contributed by atoms with Crippen molar-refractivity contribution < 1.29 is 19.1 Å². The van der Waals surface area contributed by atoms with E-state index in [-0.39, 0.29) is 23.8 Å². The van der Waals surface area contributed by atoms with E-state index in [0.29, 0.717) is 43.8 Å². The lowest BCUT2D eigenvalue weighted by molar-refractivity contribution is -0.138. The van der Waals surface area contributed by atoms with Crippen molar-refractivity contribution in [2.75, 3.05) is 26.7 Å². The van der Waals surface area contributed by atoms with E-state index in [1.165, 1.54) is 0 Å². The van der Waals surface area contributed by atoms with Crippen LogP contribution in [0, 0.1) is 0 Å². The molecule has 2 N–H and O–H groups in total. The Morgan fingerprint density at radius 3 is 2.50 bits per heavy atom. The second kappa shape index (κ2) is 11.3. The number of nitrogens with one attached hydrogen (secondary N) is 2. The van der Waals surface area contributed by atoms with Gasteiger partial charge in [-0.2, -0.15) is 0 Å². The van der Waals surface area contributed by atoms with Crippen molar-refractivity contribution in [2.24, 2.45) is 0 Å². The summed E-state index contributed by atoms with van der Waals surface area (Å²) >= 11 is 0. The van der Waals surface area contributed by atoms with Crippen molar-refractivity contribution in [3.05, 3.63) is 29.8 Å². The molecule has 1 aromatic rings. The number of likely N-dealkylation sites (tertiary alicyclic amines) is 1. The molecule has 1 aromatic carbocycles. The van der Waals surface area contributed by atoms with Crippen molar-refractivity contribution >= 4 is 17.7 Å². The van der Waals surface area contributed by atoms with Gasteiger partial charge < -0.3 is 20.3 Å². The Labute approximate surface area is 166 Å². The molecular formula is C21H31N3O4. The number of ether oxygens (including phenoxy) is 1. The Bertz CT molecular complexity index is 660. The number of nitrogens with zero attached hydrogens (tertiary/aromatic N) is 1. The van der Waals surface area contributed by atoms with Crippen LogP contribution in [0.25, 0.3) is 0 Å². The zero-order valence-electron chi connectivity index (χ0n) is 16.8. The SMILES string of the molecule is CCCCCC(=O)N1CCC[C@H]1C(=O)NCCNC(=O)c1ccc(OC)cc1. The molecule has 2 rings (SSSR count). The number of unbranched alkanes of at least 4 members (excludes halogenated alkanes) is 2. The van der Waals surface area contributed by atoms with Crippen LogP contribution in [0.3, 0.4) is 0 Å². The molecule has 7 nitrogen and oxygen atoms in total. The number of amides is 3. The Morgan fingerprint density at radius 1 is 1.11 bits per heavy atom. The van der Waals surface area contributed by atoms with Crippen LogP contribution in [0.4, 0.5) is 0 Å². The average Bonchev–Trinajstić information content (AvgIpc) is 3.21. The van der Waals surface area contributed by atoms with Crippen molar-refractivity contribution in [1.82, 2.24) is 15.5 Å². The van der Waals surface area contributed by atoms with Gasteiger partial charge in [-0.05, 0) is 43.5 Å². The number of rotatable bonds is 10. The first-order chi connectivity index (χ1) is 13.6. The molecule has 0 bridgehead atoms. The van der Waals surface area contributed by atoms with Gasteiger partial charge in [0.2, 0.25) is 11.8 Å². The fourth-order valence-corrected chi connectivity index (χ4v) is 3.33. The van der Waals surface area contributed by atoms with Gasteiger partial charge in [0, 0.05) is 31.6 Å². The van der Waals surface area contributed by atoms with E-state index < -0.39 is 0 Å². The van der Waals surface area contributed by atoms with Crippen molar-refractivity contribution in [3.63, 3.8) is 0 Å². The van der Waals surface area contributed by atoms with Gasteiger partial charge in [-0.3, -0.25) is 14.4 Å². The Hall–Kier alpha value is -2.57. The van der Waals surface area contributed by atoms with E-state index in [0.717, 1.165) is 25.7 Å². The standard InChI is InChI=1S/C21H31N3O4/c1-3-4-5-8-19(25)24-15-6-7-18(24)21(27)23-14-13-22-20(26)16-9-11-17(28-2)12-10-16/h9-12,18H,3-8,13-15H2,1-2H3,(H,22,26)(H,23,27)/t18-/m0/s1. The van der Waals surface area contributed by atoms with Crippen LogP contribution < -0.4 is 15.4 Å². The van der Waals surface area contributed by atoms with Crippen molar-refractivity contribution in [3.8, 4) is 5.75 Å². The summed E-state index contributed by atoms with van der Waals surface area (Å²) in [4.78, 5) is 38.6. The van der Waals surface area contributed by atoms with Crippen molar-refractivity contribution in [2.45, 2.75) is 51.5 Å². The lowest BCUT2D eigenvalue weighted by Crippen LogP contribution is -2.47. The number of hydrogen-bond donors (Lipinski definition) is 2. The molecule has 3 amide bonds. The van der Waals surface area contributed by atoms with Crippen LogP contribution in [0.1, 0.15) is 55.8 Å². The highest BCUT2D eigenvalue weighted by Gasteiger charge is 2.33. The zero-order chi connectivity index (χ0) is 20.4. The number of hydrogen-bond acceptors (Lipinski definition) is 4.